The van der Waals surface area contributed by atoms with Gasteiger partial charge in [0.15, 0.2) is 0 Å². The fraction of sp³-hybridized carbons (Fsp3) is 0.625. The lowest BCUT2D eigenvalue weighted by atomic mass is 10.1. The van der Waals surface area contributed by atoms with E-state index in [-0.39, 0.29) is 12.2 Å². The number of hydrogen-bond donors (Lipinski definition) is 1. The Bertz CT molecular complexity index is 351. The minimum absolute atomic E-state index is 0.0385. The molecule has 1 atom stereocenters. The predicted octanol–water partition coefficient (Wildman–Crippen LogP) is 2.79. The van der Waals surface area contributed by atoms with Gasteiger partial charge in [-0.1, -0.05) is 19.1 Å². The summed E-state index contributed by atoms with van der Waals surface area (Å²) in [4.78, 5) is 0. The molecular weight excluding hydrogens is 254 g/mol. The Kier molecular flexibility index (Phi) is 8.26. The zero-order valence-electron chi connectivity index (χ0n) is 13.0. The molecule has 0 aliphatic heterocycles. The van der Waals surface area contributed by atoms with E-state index in [9.17, 15) is 0 Å². The van der Waals surface area contributed by atoms with Crippen LogP contribution >= 0.6 is 0 Å². The van der Waals surface area contributed by atoms with Crippen molar-refractivity contribution in [2.24, 2.45) is 0 Å². The van der Waals surface area contributed by atoms with E-state index in [0.29, 0.717) is 13.2 Å². The lowest BCUT2D eigenvalue weighted by Crippen LogP contribution is -2.24. The number of ether oxygens (including phenoxy) is 3. The predicted molar refractivity (Wildman–Crippen MR) is 81.3 cm³/mol. The summed E-state index contributed by atoms with van der Waals surface area (Å²) < 4.78 is 16.6. The second kappa shape index (κ2) is 9.75. The van der Waals surface area contributed by atoms with Crippen molar-refractivity contribution >= 4 is 0 Å². The molecule has 0 aliphatic rings. The van der Waals surface area contributed by atoms with Gasteiger partial charge in [0.25, 0.3) is 0 Å². The van der Waals surface area contributed by atoms with E-state index in [1.165, 1.54) is 0 Å². The van der Waals surface area contributed by atoms with Crippen molar-refractivity contribution in [3.05, 3.63) is 29.8 Å². The molecule has 1 aromatic carbocycles. The minimum Gasteiger partial charge on any atom is -0.497 e. The Hall–Kier alpha value is -1.10. The molecule has 4 heteroatoms. The van der Waals surface area contributed by atoms with Crippen molar-refractivity contribution in [1.29, 1.82) is 0 Å². The van der Waals surface area contributed by atoms with Crippen LogP contribution in [0.3, 0.4) is 0 Å². The molecule has 0 amide bonds. The Morgan fingerprint density at radius 3 is 2.25 bits per heavy atom. The zero-order chi connectivity index (χ0) is 14.8. The Labute approximate surface area is 122 Å². The van der Waals surface area contributed by atoms with Crippen LogP contribution in [0.2, 0.25) is 0 Å². The van der Waals surface area contributed by atoms with Gasteiger partial charge in [-0.05, 0) is 38.1 Å². The van der Waals surface area contributed by atoms with Gasteiger partial charge in [-0.25, -0.2) is 0 Å². The average Bonchev–Trinajstić information content (AvgIpc) is 2.46. The first-order valence-corrected chi connectivity index (χ1v) is 7.25. The molecule has 0 aromatic heterocycles. The third-order valence-corrected chi connectivity index (χ3v) is 2.92. The fourth-order valence-corrected chi connectivity index (χ4v) is 1.84. The Balaban J connectivity index is 2.53. The van der Waals surface area contributed by atoms with Crippen molar-refractivity contribution in [2.75, 3.05) is 33.4 Å². The van der Waals surface area contributed by atoms with E-state index >= 15 is 0 Å². The summed E-state index contributed by atoms with van der Waals surface area (Å²) in [5, 5.41) is 3.33. The lowest BCUT2D eigenvalue weighted by Gasteiger charge is -2.19. The molecule has 0 aliphatic carbocycles. The van der Waals surface area contributed by atoms with E-state index in [4.69, 9.17) is 14.2 Å². The van der Waals surface area contributed by atoms with Crippen LogP contribution in [0.4, 0.5) is 0 Å². The number of hydrogen-bond acceptors (Lipinski definition) is 4. The minimum atomic E-state index is 0.0385. The first-order valence-electron chi connectivity index (χ1n) is 7.25. The third kappa shape index (κ3) is 6.37. The fourth-order valence-electron chi connectivity index (χ4n) is 1.84. The van der Waals surface area contributed by atoms with Crippen LogP contribution in [0.5, 0.6) is 5.75 Å². The molecule has 20 heavy (non-hydrogen) atoms. The highest BCUT2D eigenvalue weighted by atomic mass is 16.5. The van der Waals surface area contributed by atoms with Gasteiger partial charge in [-0.3, -0.25) is 0 Å². The molecule has 1 N–H and O–H groups in total. The summed E-state index contributed by atoms with van der Waals surface area (Å²) >= 11 is 0. The smallest absolute Gasteiger partial charge is 0.118 e. The van der Waals surface area contributed by atoms with Crippen LogP contribution in [0.15, 0.2) is 24.3 Å². The van der Waals surface area contributed by atoms with Crippen LogP contribution < -0.4 is 10.1 Å². The molecule has 1 aromatic rings. The molecule has 0 spiro atoms. The quantitative estimate of drug-likeness (QED) is 0.669. The molecule has 0 radical (unpaired) electrons. The van der Waals surface area contributed by atoms with Crippen LogP contribution in [0.25, 0.3) is 0 Å². The highest BCUT2D eigenvalue weighted by Crippen LogP contribution is 2.20. The van der Waals surface area contributed by atoms with Crippen molar-refractivity contribution in [3.8, 4) is 5.75 Å². The van der Waals surface area contributed by atoms with E-state index < -0.39 is 0 Å². The molecule has 0 saturated carbocycles. The van der Waals surface area contributed by atoms with Gasteiger partial charge < -0.3 is 19.5 Å². The van der Waals surface area contributed by atoms with Gasteiger partial charge >= 0.3 is 0 Å². The van der Waals surface area contributed by atoms with Gasteiger partial charge in [-0.2, -0.15) is 0 Å². The summed E-state index contributed by atoms with van der Waals surface area (Å²) in [6.07, 6.45) is 0.281. The Morgan fingerprint density at radius 1 is 1.05 bits per heavy atom. The first kappa shape index (κ1) is 17.0. The molecule has 114 valence electrons. The SMILES string of the molecule is CCNCC(OCCOC(C)C)c1ccc(OC)cc1. The van der Waals surface area contributed by atoms with E-state index in [0.717, 1.165) is 24.4 Å². The van der Waals surface area contributed by atoms with Crippen LogP contribution in [-0.2, 0) is 9.47 Å². The van der Waals surface area contributed by atoms with Crippen molar-refractivity contribution in [1.82, 2.24) is 5.32 Å². The van der Waals surface area contributed by atoms with Gasteiger partial charge in [0.1, 0.15) is 5.75 Å². The van der Waals surface area contributed by atoms with Gasteiger partial charge in [0, 0.05) is 6.54 Å². The standard InChI is InChI=1S/C16H27NO3/c1-5-17-12-16(20-11-10-19-13(2)3)14-6-8-15(18-4)9-7-14/h6-9,13,16-17H,5,10-12H2,1-4H3. The maximum atomic E-state index is 5.93. The average molecular weight is 281 g/mol. The monoisotopic (exact) mass is 281 g/mol. The number of benzene rings is 1. The molecule has 1 rings (SSSR count). The molecule has 0 bridgehead atoms. The molecular formula is C16H27NO3. The van der Waals surface area contributed by atoms with Crippen LogP contribution in [0, 0.1) is 0 Å². The largest absolute Gasteiger partial charge is 0.497 e. The van der Waals surface area contributed by atoms with Crippen molar-refractivity contribution in [3.63, 3.8) is 0 Å². The maximum Gasteiger partial charge on any atom is 0.118 e. The third-order valence-electron chi connectivity index (χ3n) is 2.92. The molecule has 0 saturated heterocycles. The van der Waals surface area contributed by atoms with Gasteiger partial charge in [0.05, 0.1) is 32.5 Å². The normalized spacial score (nSPS) is 12.7. The Morgan fingerprint density at radius 2 is 1.70 bits per heavy atom. The highest BCUT2D eigenvalue weighted by molar-refractivity contribution is 5.28. The molecule has 4 nitrogen and oxygen atoms in total. The summed E-state index contributed by atoms with van der Waals surface area (Å²) in [7, 11) is 1.67. The summed E-state index contributed by atoms with van der Waals surface area (Å²) in [6, 6.07) is 8.01. The molecule has 0 fully saturated rings. The maximum absolute atomic E-state index is 5.93. The first-order chi connectivity index (χ1) is 9.67. The van der Waals surface area contributed by atoms with E-state index in [2.05, 4.69) is 12.2 Å². The van der Waals surface area contributed by atoms with Gasteiger partial charge in [-0.15, -0.1) is 0 Å². The van der Waals surface area contributed by atoms with Crippen LogP contribution in [0.1, 0.15) is 32.4 Å². The summed E-state index contributed by atoms with van der Waals surface area (Å²) in [5.41, 5.74) is 1.15. The zero-order valence-corrected chi connectivity index (χ0v) is 13.0. The lowest BCUT2D eigenvalue weighted by molar-refractivity contribution is -0.0128. The van der Waals surface area contributed by atoms with E-state index in [1.807, 2.05) is 38.1 Å². The summed E-state index contributed by atoms with van der Waals surface area (Å²) in [5.74, 6) is 0.860. The highest BCUT2D eigenvalue weighted by Gasteiger charge is 2.11. The second-order valence-electron chi connectivity index (χ2n) is 4.86. The molecule has 0 heterocycles. The number of likely N-dealkylation sites (N-methyl/N-ethyl adjacent to an activating group) is 1. The topological polar surface area (TPSA) is 39.7 Å². The van der Waals surface area contributed by atoms with Crippen molar-refractivity contribution < 1.29 is 14.2 Å². The summed E-state index contributed by atoms with van der Waals surface area (Å²) in [6.45, 7) is 9.09. The number of nitrogens with one attached hydrogen (secondary N) is 1. The van der Waals surface area contributed by atoms with Crippen molar-refractivity contribution in [2.45, 2.75) is 33.0 Å². The second-order valence-corrected chi connectivity index (χ2v) is 4.86. The number of methoxy groups -OCH3 is 1. The van der Waals surface area contributed by atoms with Gasteiger partial charge in [0.2, 0.25) is 0 Å². The van der Waals surface area contributed by atoms with Crippen LogP contribution in [-0.4, -0.2) is 39.5 Å². The number of rotatable bonds is 10. The molecule has 1 unspecified atom stereocenters. The van der Waals surface area contributed by atoms with E-state index in [1.54, 1.807) is 7.11 Å².